The number of allylic oxidation sites excluding steroid dienone is 12. The molecule has 0 bridgehead atoms. The third-order valence-electron chi connectivity index (χ3n) is 14.4. The highest BCUT2D eigenvalue weighted by atomic mass is 14.3. The molecule has 8 aliphatic rings. The lowest BCUT2D eigenvalue weighted by Gasteiger charge is -2.32. The van der Waals surface area contributed by atoms with Gasteiger partial charge in [0.2, 0.25) is 0 Å². The van der Waals surface area contributed by atoms with Gasteiger partial charge in [0.25, 0.3) is 0 Å². The highest BCUT2D eigenvalue weighted by Crippen LogP contribution is 2.43. The fraction of sp³-hybridized carbons (Fsp3) is 0.308. The molecule has 0 heteroatoms. The summed E-state index contributed by atoms with van der Waals surface area (Å²) in [5.41, 5.74) is 19.1. The van der Waals surface area contributed by atoms with Crippen LogP contribution in [-0.2, 0) is 0 Å². The van der Waals surface area contributed by atoms with Crippen LogP contribution in [0.15, 0.2) is 113 Å². The Morgan fingerprint density at radius 1 is 0.442 bits per heavy atom. The second-order valence-electron chi connectivity index (χ2n) is 16.9. The molecule has 0 amide bonds. The van der Waals surface area contributed by atoms with Crippen LogP contribution >= 0.6 is 0 Å². The van der Waals surface area contributed by atoms with E-state index in [1.54, 1.807) is 71.7 Å². The molecule has 0 spiro atoms. The van der Waals surface area contributed by atoms with Crippen LogP contribution in [0.25, 0.3) is 50.4 Å². The Morgan fingerprint density at radius 2 is 0.981 bits per heavy atom. The van der Waals surface area contributed by atoms with E-state index in [1.807, 2.05) is 0 Å². The summed E-state index contributed by atoms with van der Waals surface area (Å²) >= 11 is 0. The lowest BCUT2D eigenvalue weighted by atomic mass is 9.72. The molecule has 0 N–H and O–H groups in total. The molecule has 0 aromatic heterocycles. The molecule has 254 valence electrons. The summed E-state index contributed by atoms with van der Waals surface area (Å²) in [4.78, 5) is 0. The Bertz CT molecular complexity index is 2780. The van der Waals surface area contributed by atoms with Gasteiger partial charge >= 0.3 is 0 Å². The van der Waals surface area contributed by atoms with Crippen molar-refractivity contribution < 1.29 is 0 Å². The first-order chi connectivity index (χ1) is 25.8. The highest BCUT2D eigenvalue weighted by Gasteiger charge is 2.30. The minimum absolute atomic E-state index is 0.623. The van der Waals surface area contributed by atoms with Gasteiger partial charge < -0.3 is 0 Å². The molecule has 4 aromatic carbocycles. The van der Waals surface area contributed by atoms with Crippen LogP contribution in [0.5, 0.6) is 0 Å². The second kappa shape index (κ2) is 11.4. The second-order valence-corrected chi connectivity index (χ2v) is 16.9. The lowest BCUT2D eigenvalue weighted by Crippen LogP contribution is -2.32. The van der Waals surface area contributed by atoms with Crippen molar-refractivity contribution in [3.05, 3.63) is 156 Å². The molecule has 0 nitrogen and oxygen atoms in total. The van der Waals surface area contributed by atoms with Gasteiger partial charge in [-0.25, -0.2) is 0 Å². The van der Waals surface area contributed by atoms with E-state index in [1.165, 1.54) is 121 Å². The Hall–Kier alpha value is -4.68. The van der Waals surface area contributed by atoms with Crippen LogP contribution in [0, 0.1) is 0 Å². The van der Waals surface area contributed by atoms with Crippen LogP contribution < -0.4 is 20.9 Å². The molecule has 0 fully saturated rings. The van der Waals surface area contributed by atoms with Crippen LogP contribution in [0.4, 0.5) is 0 Å². The molecule has 0 aliphatic heterocycles. The number of benzene rings is 4. The van der Waals surface area contributed by atoms with Gasteiger partial charge in [0.15, 0.2) is 0 Å². The van der Waals surface area contributed by atoms with E-state index >= 15 is 0 Å². The van der Waals surface area contributed by atoms with Crippen molar-refractivity contribution in [2.75, 3.05) is 0 Å². The predicted molar refractivity (Wildman–Crippen MR) is 220 cm³/mol. The summed E-state index contributed by atoms with van der Waals surface area (Å²) in [5, 5.41) is 12.1. The maximum atomic E-state index is 2.65. The van der Waals surface area contributed by atoms with Crippen molar-refractivity contribution in [2.24, 2.45) is 0 Å². The zero-order valence-corrected chi connectivity index (χ0v) is 30.3. The third-order valence-corrected chi connectivity index (χ3v) is 14.4. The zero-order chi connectivity index (χ0) is 33.9. The van der Waals surface area contributed by atoms with E-state index in [0.29, 0.717) is 11.8 Å². The van der Waals surface area contributed by atoms with Crippen molar-refractivity contribution >= 4 is 50.4 Å². The average molecular weight is 671 g/mol. The highest BCUT2D eigenvalue weighted by molar-refractivity contribution is 5.96. The molecule has 4 aromatic rings. The summed E-state index contributed by atoms with van der Waals surface area (Å²) in [5.74, 6) is 1.27. The molecule has 2 atom stereocenters. The van der Waals surface area contributed by atoms with E-state index < -0.39 is 0 Å². The monoisotopic (exact) mass is 670 g/mol. The molecule has 0 saturated carbocycles. The van der Waals surface area contributed by atoms with Gasteiger partial charge in [-0.3, -0.25) is 0 Å². The minimum atomic E-state index is 0.623. The first-order valence-electron chi connectivity index (χ1n) is 20.5. The first-order valence-corrected chi connectivity index (χ1v) is 20.5. The summed E-state index contributed by atoms with van der Waals surface area (Å²) < 4.78 is 0. The number of hydrogen-bond acceptors (Lipinski definition) is 0. The van der Waals surface area contributed by atoms with Gasteiger partial charge in [0, 0.05) is 0 Å². The largest absolute Gasteiger partial charge is 0.0839 e. The predicted octanol–water partition coefficient (Wildman–Crippen LogP) is 10.7. The fourth-order valence-electron chi connectivity index (χ4n) is 11.9. The Morgan fingerprint density at radius 3 is 1.65 bits per heavy atom. The van der Waals surface area contributed by atoms with Gasteiger partial charge in [-0.05, 0) is 211 Å². The van der Waals surface area contributed by atoms with Gasteiger partial charge in [-0.15, -0.1) is 0 Å². The quantitative estimate of drug-likeness (QED) is 0.204. The van der Waals surface area contributed by atoms with Crippen molar-refractivity contribution in [3.63, 3.8) is 0 Å². The van der Waals surface area contributed by atoms with Crippen molar-refractivity contribution in [1.82, 2.24) is 0 Å². The molecule has 8 aliphatic carbocycles. The average Bonchev–Trinajstić information content (AvgIpc) is 3.21. The van der Waals surface area contributed by atoms with Crippen molar-refractivity contribution in [2.45, 2.75) is 102 Å². The molecule has 0 saturated heterocycles. The molecule has 12 rings (SSSR count). The zero-order valence-electron chi connectivity index (χ0n) is 30.3. The van der Waals surface area contributed by atoms with Crippen LogP contribution in [0.1, 0.15) is 124 Å². The summed E-state index contributed by atoms with van der Waals surface area (Å²) in [7, 11) is 0. The molecule has 0 radical (unpaired) electrons. The normalized spacial score (nSPS) is 24.0. The smallest absolute Gasteiger partial charge is 0.00674 e. The van der Waals surface area contributed by atoms with E-state index in [4.69, 9.17) is 0 Å². The van der Waals surface area contributed by atoms with Gasteiger partial charge in [0.05, 0.1) is 0 Å². The van der Waals surface area contributed by atoms with Crippen LogP contribution in [0.3, 0.4) is 0 Å². The third kappa shape index (κ3) is 4.33. The van der Waals surface area contributed by atoms with Gasteiger partial charge in [0.1, 0.15) is 0 Å². The van der Waals surface area contributed by atoms with Crippen molar-refractivity contribution in [3.8, 4) is 0 Å². The maximum Gasteiger partial charge on any atom is -0.00674 e. The summed E-state index contributed by atoms with van der Waals surface area (Å²) in [6, 6.07) is 19.8. The van der Waals surface area contributed by atoms with Crippen LogP contribution in [0.2, 0.25) is 0 Å². The molecule has 2 unspecified atom stereocenters. The van der Waals surface area contributed by atoms with E-state index in [0.717, 1.165) is 6.42 Å². The molecule has 0 heterocycles. The topological polar surface area (TPSA) is 0 Å². The minimum Gasteiger partial charge on any atom is -0.0839 e. The lowest BCUT2D eigenvalue weighted by molar-refractivity contribution is 0.635. The molecular formula is C52H46. The van der Waals surface area contributed by atoms with E-state index in [2.05, 4.69) is 97.1 Å². The van der Waals surface area contributed by atoms with Crippen molar-refractivity contribution in [1.29, 1.82) is 0 Å². The fourth-order valence-corrected chi connectivity index (χ4v) is 11.9. The molecule has 52 heavy (non-hydrogen) atoms. The van der Waals surface area contributed by atoms with Gasteiger partial charge in [-0.1, -0.05) is 97.1 Å². The Kier molecular flexibility index (Phi) is 6.55. The van der Waals surface area contributed by atoms with Gasteiger partial charge in [-0.2, -0.15) is 0 Å². The maximum absolute atomic E-state index is 2.65. The van der Waals surface area contributed by atoms with Crippen LogP contribution in [-0.4, -0.2) is 0 Å². The van der Waals surface area contributed by atoms with E-state index in [9.17, 15) is 0 Å². The Balaban J connectivity index is 1.07. The Labute approximate surface area is 307 Å². The molecular weight excluding hydrogens is 625 g/mol. The van der Waals surface area contributed by atoms with E-state index in [-0.39, 0.29) is 0 Å². The summed E-state index contributed by atoms with van der Waals surface area (Å²) in [6.45, 7) is 0. The number of rotatable bonds is 3. The standard InChI is InChI=1S/C52H46/c1-3-7-37-29-39(11-9-31(37)5-1)41-21-13-33-19-27-47-43(23-15-35-17-25-45(41)49(33)51(35)47)44-24-16-36-18-26-46-42(22-14-34-20-28-48(44)52(36)50(34)46)40-12-10-32-6-2-4-8-38(32)30-40/h1-2,5-6,13,16,18-19,21,24-30,34-35H,3-4,7-12,14-15,17,20,22-23H2. The first kappa shape index (κ1) is 29.9. The summed E-state index contributed by atoms with van der Waals surface area (Å²) in [6.07, 6.45) is 36.8. The number of hydrogen-bond donors (Lipinski definition) is 0. The SMILES string of the molecule is C1=CC2=C(C=C(C3=c4ccc5ccc(C6=c7ccc8ccc(C9=CC%10=C(C=CCC%10)CC9)c9c8c7C(CC=9)CC6)c6c5c4C(CC=6)CC3)CC2)CC1.